The van der Waals surface area contributed by atoms with E-state index in [0.29, 0.717) is 0 Å². The van der Waals surface area contributed by atoms with E-state index in [1.165, 1.54) is 6.07 Å². The highest BCUT2D eigenvalue weighted by atomic mass is 16.6. The van der Waals surface area contributed by atoms with E-state index in [1.807, 2.05) is 0 Å². The number of para-hydroxylation sites is 1. The summed E-state index contributed by atoms with van der Waals surface area (Å²) in [5.74, 6) is -3.16. The molecule has 0 amide bonds. The zero-order valence-electron chi connectivity index (χ0n) is 11.7. The first-order valence-corrected chi connectivity index (χ1v) is 6.27. The van der Waals surface area contributed by atoms with Crippen molar-refractivity contribution in [2.45, 2.75) is 0 Å². The smallest absolute Gasteiger partial charge is 0.353 e. The van der Waals surface area contributed by atoms with Crippen LogP contribution in [0.5, 0.6) is 0 Å². The van der Waals surface area contributed by atoms with Crippen LogP contribution in [0.1, 0.15) is 20.7 Å². The molecule has 0 aliphatic carbocycles. The highest BCUT2D eigenvalue weighted by Crippen LogP contribution is 2.39. The van der Waals surface area contributed by atoms with E-state index in [1.54, 1.807) is 0 Å². The number of rotatable bonds is 5. The lowest BCUT2D eigenvalue weighted by Crippen LogP contribution is -2.10. The van der Waals surface area contributed by atoms with E-state index >= 15 is 0 Å². The summed E-state index contributed by atoms with van der Waals surface area (Å²) in [6.07, 6.45) is 0. The molecule has 0 saturated heterocycles. The summed E-state index contributed by atoms with van der Waals surface area (Å²) >= 11 is 0. The second kappa shape index (κ2) is 6.12. The second-order valence-corrected chi connectivity index (χ2v) is 4.53. The first-order valence-electron chi connectivity index (χ1n) is 6.27. The lowest BCUT2D eigenvalue weighted by atomic mass is 9.94. The van der Waals surface area contributed by atoms with Gasteiger partial charge in [-0.25, -0.2) is 9.59 Å². The fraction of sp³-hybridized carbons (Fsp3) is 0. The summed E-state index contributed by atoms with van der Waals surface area (Å²) in [6.45, 7) is 0. The lowest BCUT2D eigenvalue weighted by molar-refractivity contribution is -0.422. The number of carbonyl (C=O) groups is 2. The van der Waals surface area contributed by atoms with Crippen LogP contribution in [0, 0.1) is 20.2 Å². The Morgan fingerprint density at radius 3 is 1.92 bits per heavy atom. The van der Waals surface area contributed by atoms with Crippen molar-refractivity contribution in [2.75, 3.05) is 0 Å². The molecular formula is C14H8N2O8. The average Bonchev–Trinajstić information content (AvgIpc) is 2.52. The Balaban J connectivity index is 2.93. The number of aromatic carboxylic acids is 2. The Morgan fingerprint density at radius 2 is 1.42 bits per heavy atom. The van der Waals surface area contributed by atoms with E-state index in [0.717, 1.165) is 30.3 Å². The van der Waals surface area contributed by atoms with Gasteiger partial charge in [-0.05, 0) is 12.1 Å². The average molecular weight is 332 g/mol. The molecule has 122 valence electrons. The van der Waals surface area contributed by atoms with E-state index < -0.39 is 44.3 Å². The summed E-state index contributed by atoms with van der Waals surface area (Å²) in [4.78, 5) is 42.9. The molecule has 0 atom stereocenters. The summed E-state index contributed by atoms with van der Waals surface area (Å²) in [6, 6.07) is 6.56. The van der Waals surface area contributed by atoms with Crippen molar-refractivity contribution >= 4 is 23.3 Å². The molecule has 2 aromatic rings. The minimum atomic E-state index is -1.62. The number of benzene rings is 2. The minimum absolute atomic E-state index is 0.294. The van der Waals surface area contributed by atoms with Gasteiger partial charge in [-0.2, -0.15) is 0 Å². The van der Waals surface area contributed by atoms with Gasteiger partial charge in [0.2, 0.25) is 0 Å². The van der Waals surface area contributed by atoms with Crippen LogP contribution in [-0.4, -0.2) is 32.0 Å². The predicted molar refractivity (Wildman–Crippen MR) is 79.1 cm³/mol. The molecule has 0 bridgehead atoms. The monoisotopic (exact) mass is 332 g/mol. The van der Waals surface area contributed by atoms with Crippen molar-refractivity contribution in [3.8, 4) is 11.1 Å². The van der Waals surface area contributed by atoms with Gasteiger partial charge in [-0.15, -0.1) is 0 Å². The largest absolute Gasteiger partial charge is 0.478 e. The van der Waals surface area contributed by atoms with Gasteiger partial charge < -0.3 is 10.2 Å². The Morgan fingerprint density at radius 1 is 0.833 bits per heavy atom. The number of nitrogens with zero attached hydrogens (tertiary/aromatic N) is 2. The Kier molecular flexibility index (Phi) is 4.22. The van der Waals surface area contributed by atoms with Crippen LogP contribution in [0.15, 0.2) is 36.4 Å². The van der Waals surface area contributed by atoms with Crippen LogP contribution in [0.3, 0.4) is 0 Å². The molecule has 0 saturated carbocycles. The maximum atomic E-state index is 11.5. The van der Waals surface area contributed by atoms with Crippen LogP contribution in [0.25, 0.3) is 11.1 Å². The molecule has 2 N–H and O–H groups in total. The van der Waals surface area contributed by atoms with Crippen LogP contribution >= 0.6 is 0 Å². The number of carboxylic acid groups (broad SMARTS) is 2. The second-order valence-electron chi connectivity index (χ2n) is 4.53. The van der Waals surface area contributed by atoms with Gasteiger partial charge in [0.25, 0.3) is 0 Å². The number of nitro groups is 2. The topological polar surface area (TPSA) is 161 Å². The molecule has 0 heterocycles. The molecule has 2 rings (SSSR count). The van der Waals surface area contributed by atoms with Crippen molar-refractivity contribution < 1.29 is 29.6 Å². The maximum absolute atomic E-state index is 11.5. The summed E-state index contributed by atoms with van der Waals surface area (Å²) in [5, 5.41) is 40.7. The standard InChI is InChI=1S/C14H8N2O8/c17-13(18)9-5-1-3-7(11(9)14(19)20)8-4-2-6-10(15(21)22)12(8)16(23)24/h1-6H,(H,17,18)(H,19,20). The third-order valence-corrected chi connectivity index (χ3v) is 3.19. The van der Waals surface area contributed by atoms with Crippen LogP contribution < -0.4 is 0 Å². The van der Waals surface area contributed by atoms with Gasteiger partial charge in [0.05, 0.1) is 26.5 Å². The van der Waals surface area contributed by atoms with Gasteiger partial charge in [0, 0.05) is 11.6 Å². The molecule has 24 heavy (non-hydrogen) atoms. The quantitative estimate of drug-likeness (QED) is 0.623. The van der Waals surface area contributed by atoms with E-state index in [9.17, 15) is 34.9 Å². The van der Waals surface area contributed by atoms with Crippen molar-refractivity contribution in [1.82, 2.24) is 0 Å². The fourth-order valence-corrected chi connectivity index (χ4v) is 2.27. The predicted octanol–water partition coefficient (Wildman–Crippen LogP) is 2.57. The van der Waals surface area contributed by atoms with Gasteiger partial charge >= 0.3 is 23.3 Å². The molecule has 10 heteroatoms. The first kappa shape index (κ1) is 16.5. The van der Waals surface area contributed by atoms with Crippen molar-refractivity contribution in [3.63, 3.8) is 0 Å². The molecular weight excluding hydrogens is 324 g/mol. The normalized spacial score (nSPS) is 10.2. The van der Waals surface area contributed by atoms with Gasteiger partial charge in [-0.1, -0.05) is 18.2 Å². The first-order chi connectivity index (χ1) is 11.3. The van der Waals surface area contributed by atoms with Crippen molar-refractivity contribution in [1.29, 1.82) is 0 Å². The molecule has 0 aliphatic rings. The summed E-state index contributed by atoms with van der Waals surface area (Å²) in [5.41, 5.74) is -3.65. The highest BCUT2D eigenvalue weighted by Gasteiger charge is 2.31. The van der Waals surface area contributed by atoms with Gasteiger partial charge in [0.15, 0.2) is 0 Å². The third-order valence-electron chi connectivity index (χ3n) is 3.19. The zero-order chi connectivity index (χ0) is 18.0. The summed E-state index contributed by atoms with van der Waals surface area (Å²) < 4.78 is 0. The molecule has 0 aromatic heterocycles. The molecule has 0 unspecified atom stereocenters. The lowest BCUT2D eigenvalue weighted by Gasteiger charge is -2.09. The summed E-state index contributed by atoms with van der Waals surface area (Å²) in [7, 11) is 0. The van der Waals surface area contributed by atoms with Crippen molar-refractivity contribution in [3.05, 3.63) is 67.8 Å². The fourth-order valence-electron chi connectivity index (χ4n) is 2.27. The Bertz CT molecular complexity index is 817. The molecule has 10 nitrogen and oxygen atoms in total. The molecule has 0 aliphatic heterocycles. The Labute approximate surface area is 132 Å². The van der Waals surface area contributed by atoms with Crippen molar-refractivity contribution in [2.24, 2.45) is 0 Å². The SMILES string of the molecule is O=C(O)c1cccc(-c2cccc([N+](=O)[O-])c2[N+](=O)[O-])c1C(=O)O. The van der Waals surface area contributed by atoms with Crippen LogP contribution in [0.2, 0.25) is 0 Å². The number of nitro benzene ring substituents is 2. The van der Waals surface area contributed by atoms with Gasteiger partial charge in [0.1, 0.15) is 0 Å². The van der Waals surface area contributed by atoms with Crippen LogP contribution in [-0.2, 0) is 0 Å². The molecule has 2 aromatic carbocycles. The molecule has 0 fully saturated rings. The zero-order valence-corrected chi connectivity index (χ0v) is 11.7. The van der Waals surface area contributed by atoms with E-state index in [-0.39, 0.29) is 11.1 Å². The number of hydrogen-bond donors (Lipinski definition) is 2. The van der Waals surface area contributed by atoms with E-state index in [2.05, 4.69) is 0 Å². The highest BCUT2D eigenvalue weighted by molar-refractivity contribution is 6.07. The van der Waals surface area contributed by atoms with Crippen LogP contribution in [0.4, 0.5) is 11.4 Å². The maximum Gasteiger partial charge on any atom is 0.353 e. The van der Waals surface area contributed by atoms with E-state index in [4.69, 9.17) is 5.11 Å². The third kappa shape index (κ3) is 2.75. The number of carboxylic acids is 2. The molecule has 0 spiro atoms. The number of hydrogen-bond acceptors (Lipinski definition) is 6. The molecule has 0 radical (unpaired) electrons. The minimum Gasteiger partial charge on any atom is -0.478 e. The van der Waals surface area contributed by atoms with Gasteiger partial charge in [-0.3, -0.25) is 20.2 Å². The Hall–Kier alpha value is -3.82.